The molecule has 0 aliphatic heterocycles. The minimum absolute atomic E-state index is 0.0979. The number of benzene rings is 1. The molecule has 0 aliphatic carbocycles. The Bertz CT molecular complexity index is 375. The highest BCUT2D eigenvalue weighted by molar-refractivity contribution is 9.10. The zero-order chi connectivity index (χ0) is 10.9. The average Bonchev–Trinajstić information content (AvgIpc) is 2.10. The van der Waals surface area contributed by atoms with Crippen LogP contribution >= 0.6 is 15.9 Å². The van der Waals surface area contributed by atoms with Gasteiger partial charge in [0.15, 0.2) is 0 Å². The van der Waals surface area contributed by atoms with Crippen LogP contribution in [0, 0.1) is 13.8 Å². The molecule has 0 spiro atoms. The van der Waals surface area contributed by atoms with Gasteiger partial charge in [-0.3, -0.25) is 4.79 Å². The molecule has 0 aliphatic rings. The molecule has 0 aromatic heterocycles. The minimum Gasteiger partial charge on any atom is -0.288 e. The second-order valence-corrected chi connectivity index (χ2v) is 3.94. The Hall–Kier alpha value is -0.770. The largest absolute Gasteiger partial charge is 0.300 e. The molecule has 0 fully saturated rings. The monoisotopic (exact) mass is 262 g/mol. The van der Waals surface area contributed by atoms with Crippen molar-refractivity contribution in [2.45, 2.75) is 20.3 Å². The Morgan fingerprint density at radius 1 is 1.29 bits per heavy atom. The van der Waals surface area contributed by atoms with E-state index in [2.05, 4.69) is 15.9 Å². The lowest BCUT2D eigenvalue weighted by molar-refractivity contribution is 0.0678. The van der Waals surface area contributed by atoms with Crippen molar-refractivity contribution in [1.82, 2.24) is 0 Å². The second-order valence-electron chi connectivity index (χ2n) is 3.08. The van der Waals surface area contributed by atoms with Crippen LogP contribution in [0.3, 0.4) is 0 Å². The summed E-state index contributed by atoms with van der Waals surface area (Å²) in [4.78, 5) is 11.1. The zero-order valence-corrected chi connectivity index (χ0v) is 9.36. The van der Waals surface area contributed by atoms with Gasteiger partial charge in [0, 0.05) is 10.0 Å². The van der Waals surface area contributed by atoms with Gasteiger partial charge in [-0.2, -0.15) is 0 Å². The Labute approximate surface area is 89.3 Å². The van der Waals surface area contributed by atoms with Gasteiger partial charge in [0.2, 0.25) is 5.78 Å². The molecule has 0 saturated heterocycles. The van der Waals surface area contributed by atoms with E-state index in [9.17, 15) is 13.6 Å². The van der Waals surface area contributed by atoms with E-state index < -0.39 is 12.2 Å². The fraction of sp³-hybridized carbons (Fsp3) is 0.300. The number of carbonyl (C=O) groups is 1. The Kier molecular flexibility index (Phi) is 3.37. The number of halogens is 3. The summed E-state index contributed by atoms with van der Waals surface area (Å²) >= 11 is 3.27. The van der Waals surface area contributed by atoms with Crippen molar-refractivity contribution in [3.05, 3.63) is 33.3 Å². The molecule has 1 nitrogen and oxygen atoms in total. The van der Waals surface area contributed by atoms with Crippen LogP contribution in [-0.2, 0) is 0 Å². The quantitative estimate of drug-likeness (QED) is 0.746. The smallest absolute Gasteiger partial charge is 0.288 e. The maximum Gasteiger partial charge on any atom is 0.300 e. The van der Waals surface area contributed by atoms with Gasteiger partial charge < -0.3 is 0 Å². The number of alkyl halides is 2. The van der Waals surface area contributed by atoms with Gasteiger partial charge in [-0.15, -0.1) is 0 Å². The fourth-order valence-electron chi connectivity index (χ4n) is 1.16. The molecule has 1 aromatic rings. The third-order valence-corrected chi connectivity index (χ3v) is 2.82. The van der Waals surface area contributed by atoms with Gasteiger partial charge in [0.05, 0.1) is 0 Å². The van der Waals surface area contributed by atoms with Crippen LogP contribution in [0.1, 0.15) is 21.5 Å². The molecule has 14 heavy (non-hydrogen) atoms. The van der Waals surface area contributed by atoms with Gasteiger partial charge in [0.1, 0.15) is 0 Å². The zero-order valence-electron chi connectivity index (χ0n) is 7.77. The molecule has 4 heteroatoms. The van der Waals surface area contributed by atoms with Crippen molar-refractivity contribution in [3.8, 4) is 0 Å². The minimum atomic E-state index is -2.94. The van der Waals surface area contributed by atoms with E-state index in [-0.39, 0.29) is 5.56 Å². The van der Waals surface area contributed by atoms with Crippen molar-refractivity contribution < 1.29 is 13.6 Å². The average molecular weight is 263 g/mol. The molecule has 0 N–H and O–H groups in total. The molecule has 0 heterocycles. The summed E-state index contributed by atoms with van der Waals surface area (Å²) in [5, 5.41) is 0. The number of ketones is 1. The molecule has 76 valence electrons. The van der Waals surface area contributed by atoms with Crippen LogP contribution in [0.25, 0.3) is 0 Å². The maximum absolute atomic E-state index is 12.2. The lowest BCUT2D eigenvalue weighted by atomic mass is 10.0. The van der Waals surface area contributed by atoms with Crippen molar-refractivity contribution in [2.24, 2.45) is 0 Å². The van der Waals surface area contributed by atoms with Crippen LogP contribution in [-0.4, -0.2) is 12.2 Å². The third kappa shape index (κ3) is 2.18. The number of rotatable bonds is 2. The molecule has 1 aromatic carbocycles. The molecule has 0 saturated carbocycles. The maximum atomic E-state index is 12.2. The normalized spacial score (nSPS) is 10.7. The molecule has 1 rings (SSSR count). The molecular weight excluding hydrogens is 254 g/mol. The highest BCUT2D eigenvalue weighted by atomic mass is 79.9. The number of Topliss-reactive ketones (excluding diaryl/α,β-unsaturated/α-hetero) is 1. The number of carbonyl (C=O) groups excluding carboxylic acids is 1. The van der Waals surface area contributed by atoms with E-state index in [0.29, 0.717) is 5.56 Å². The summed E-state index contributed by atoms with van der Waals surface area (Å²) in [6, 6.07) is 3.15. The number of hydrogen-bond donors (Lipinski definition) is 0. The first-order valence-electron chi connectivity index (χ1n) is 4.02. The van der Waals surface area contributed by atoms with E-state index >= 15 is 0 Å². The SMILES string of the molecule is Cc1cc(C(=O)C(F)F)c(C)cc1Br. The summed E-state index contributed by atoms with van der Waals surface area (Å²) in [6.07, 6.45) is -2.94. The van der Waals surface area contributed by atoms with Crippen molar-refractivity contribution in [2.75, 3.05) is 0 Å². The number of aryl methyl sites for hydroxylation is 2. The standard InChI is InChI=1S/C10H9BrF2O/c1-5-4-8(11)6(2)3-7(5)9(14)10(12)13/h3-4,10H,1-2H3. The van der Waals surface area contributed by atoms with E-state index in [4.69, 9.17) is 0 Å². The first-order chi connectivity index (χ1) is 6.43. The van der Waals surface area contributed by atoms with Gasteiger partial charge in [-0.1, -0.05) is 15.9 Å². The predicted octanol–water partition coefficient (Wildman–Crippen LogP) is 3.51. The van der Waals surface area contributed by atoms with E-state index in [0.717, 1.165) is 10.0 Å². The van der Waals surface area contributed by atoms with Gasteiger partial charge in [0.25, 0.3) is 0 Å². The van der Waals surface area contributed by atoms with E-state index in [1.165, 1.54) is 6.07 Å². The lowest BCUT2D eigenvalue weighted by Gasteiger charge is -2.07. The topological polar surface area (TPSA) is 17.1 Å². The second kappa shape index (κ2) is 4.17. The first kappa shape index (κ1) is 11.3. The lowest BCUT2D eigenvalue weighted by Crippen LogP contribution is -2.12. The van der Waals surface area contributed by atoms with Crippen LogP contribution in [0.2, 0.25) is 0 Å². The van der Waals surface area contributed by atoms with Crippen molar-refractivity contribution in [3.63, 3.8) is 0 Å². The van der Waals surface area contributed by atoms with Crippen LogP contribution in [0.15, 0.2) is 16.6 Å². The molecule has 0 atom stereocenters. The molecule has 0 bridgehead atoms. The van der Waals surface area contributed by atoms with Crippen LogP contribution < -0.4 is 0 Å². The fourth-order valence-corrected chi connectivity index (χ4v) is 1.62. The Morgan fingerprint density at radius 2 is 1.86 bits per heavy atom. The molecule has 0 radical (unpaired) electrons. The van der Waals surface area contributed by atoms with Crippen LogP contribution in [0.4, 0.5) is 8.78 Å². The highest BCUT2D eigenvalue weighted by Crippen LogP contribution is 2.22. The predicted molar refractivity (Wildman–Crippen MR) is 54.0 cm³/mol. The molecule has 0 unspecified atom stereocenters. The summed E-state index contributed by atoms with van der Waals surface area (Å²) in [5.74, 6) is -1.11. The summed E-state index contributed by atoms with van der Waals surface area (Å²) in [6.45, 7) is 3.39. The van der Waals surface area contributed by atoms with E-state index in [1.54, 1.807) is 19.9 Å². The first-order valence-corrected chi connectivity index (χ1v) is 4.82. The van der Waals surface area contributed by atoms with Gasteiger partial charge in [-0.05, 0) is 37.1 Å². The number of hydrogen-bond acceptors (Lipinski definition) is 1. The summed E-state index contributed by atoms with van der Waals surface area (Å²) < 4.78 is 25.2. The van der Waals surface area contributed by atoms with Crippen molar-refractivity contribution >= 4 is 21.7 Å². The third-order valence-electron chi connectivity index (χ3n) is 1.97. The Morgan fingerprint density at radius 3 is 2.36 bits per heavy atom. The molecular formula is C10H9BrF2O. The van der Waals surface area contributed by atoms with Gasteiger partial charge in [-0.25, -0.2) is 8.78 Å². The summed E-state index contributed by atoms with van der Waals surface area (Å²) in [7, 11) is 0. The van der Waals surface area contributed by atoms with Crippen LogP contribution in [0.5, 0.6) is 0 Å². The summed E-state index contributed by atoms with van der Waals surface area (Å²) in [5.41, 5.74) is 1.44. The van der Waals surface area contributed by atoms with Gasteiger partial charge >= 0.3 is 6.43 Å². The molecule has 0 amide bonds. The Balaban J connectivity index is 3.22. The highest BCUT2D eigenvalue weighted by Gasteiger charge is 2.20. The van der Waals surface area contributed by atoms with Crippen molar-refractivity contribution in [1.29, 1.82) is 0 Å². The van der Waals surface area contributed by atoms with E-state index in [1.807, 2.05) is 0 Å².